The van der Waals surface area contributed by atoms with Crippen LogP contribution in [0.3, 0.4) is 0 Å². The average Bonchev–Trinajstić information content (AvgIpc) is 3.54. The van der Waals surface area contributed by atoms with Gasteiger partial charge in [0, 0.05) is 12.2 Å². The van der Waals surface area contributed by atoms with Crippen LogP contribution in [-0.2, 0) is 47.7 Å². The Bertz CT molecular complexity index is 2800. The topological polar surface area (TPSA) is 189 Å². The van der Waals surface area contributed by atoms with Gasteiger partial charge >= 0.3 is 11.9 Å². The lowest BCUT2D eigenvalue weighted by atomic mass is 9.75. The molecular weight excluding hydrogens is 1040 g/mol. The molecule has 0 unspecified atom stereocenters. The fourth-order valence-corrected chi connectivity index (χ4v) is 12.9. The first-order chi connectivity index (χ1) is 38.6. The van der Waals surface area contributed by atoms with Gasteiger partial charge in [0.25, 0.3) is 0 Å². The monoisotopic (exact) mass is 1120 g/mol. The summed E-state index contributed by atoms with van der Waals surface area (Å²) in [5, 5.41) is 22.5. The van der Waals surface area contributed by atoms with Crippen LogP contribution >= 0.6 is 23.5 Å². The van der Waals surface area contributed by atoms with E-state index in [-0.39, 0.29) is 31.4 Å². The summed E-state index contributed by atoms with van der Waals surface area (Å²) in [7, 11) is 1.21. The number of hydrogen-bond donors (Lipinski definition) is 5. The molecule has 3 atom stereocenters. The Morgan fingerprint density at radius 2 is 1.04 bits per heavy atom. The number of ether oxygens (including phenoxy) is 2. The molecule has 1 fully saturated rings. The van der Waals surface area contributed by atoms with E-state index in [1.54, 1.807) is 38.6 Å². The third-order valence-electron chi connectivity index (χ3n) is 13.9. The van der Waals surface area contributed by atoms with Crippen LogP contribution in [-0.4, -0.2) is 95.2 Å². The molecule has 6 aromatic rings. The van der Waals surface area contributed by atoms with Crippen LogP contribution in [0.1, 0.15) is 99.1 Å². The largest absolute Gasteiger partial charge is 0.468 e. The number of hydrogen-bond acceptors (Lipinski definition) is 11. The zero-order chi connectivity index (χ0) is 57.0. The van der Waals surface area contributed by atoms with Crippen molar-refractivity contribution < 1.29 is 43.3 Å². The fourth-order valence-electron chi connectivity index (χ4n) is 9.82. The number of aliphatic hydroxyl groups excluding tert-OH is 1. The number of thioether (sulfide) groups is 2. The van der Waals surface area contributed by atoms with Crippen molar-refractivity contribution in [1.29, 1.82) is 0 Å². The fraction of sp³-hybridized carbons (Fsp3) is 0.323. The van der Waals surface area contributed by atoms with E-state index in [0.29, 0.717) is 18.6 Å². The van der Waals surface area contributed by atoms with Gasteiger partial charge in [0.2, 0.25) is 23.6 Å². The molecule has 0 heterocycles. The molecule has 0 spiro atoms. The Morgan fingerprint density at radius 3 is 1.44 bits per heavy atom. The lowest BCUT2D eigenvalue weighted by Gasteiger charge is -2.42. The van der Waals surface area contributed by atoms with E-state index in [1.807, 2.05) is 152 Å². The van der Waals surface area contributed by atoms with Crippen molar-refractivity contribution in [2.24, 2.45) is 0 Å². The molecule has 13 nitrogen and oxygen atoms in total. The zero-order valence-electron chi connectivity index (χ0n) is 45.8. The molecule has 4 amide bonds. The number of carbonyl (C=O) groups excluding carboxylic acids is 6. The molecule has 7 rings (SSSR count). The lowest BCUT2D eigenvalue weighted by molar-refractivity contribution is -0.155. The molecule has 418 valence electrons. The number of nitrogens with one attached hydrogen (secondary N) is 4. The van der Waals surface area contributed by atoms with E-state index >= 15 is 0 Å². The first-order valence-corrected chi connectivity index (χ1v) is 29.0. The Hall–Kier alpha value is -7.46. The molecule has 1 aliphatic rings. The normalized spacial score (nSPS) is 14.3. The Labute approximate surface area is 478 Å². The Kier molecular flexibility index (Phi) is 21.5. The van der Waals surface area contributed by atoms with Crippen molar-refractivity contribution in [3.05, 3.63) is 228 Å². The Balaban J connectivity index is 1.13. The molecule has 1 saturated carbocycles. The van der Waals surface area contributed by atoms with Gasteiger partial charge < -0.3 is 35.8 Å². The molecular formula is C65H72N4O9S2. The smallest absolute Gasteiger partial charge is 0.325 e. The second-order valence-electron chi connectivity index (χ2n) is 20.7. The summed E-state index contributed by atoms with van der Waals surface area (Å²) in [5.74, 6) is -3.33. The van der Waals surface area contributed by atoms with E-state index in [4.69, 9.17) is 9.47 Å². The summed E-state index contributed by atoms with van der Waals surface area (Å²) in [4.78, 5) is 82.7. The zero-order valence-corrected chi connectivity index (χ0v) is 47.4. The SMILES string of the molecule is COC(=O)CNC(=O)C1(NC(=O)[C@@H](CSC(c2ccccc2)(c2ccccc2)c2ccccc2)NC(=O)[C@@H](CCC(=O)OC(C)(C)C)NC(=O)C[C@H](O)C=CCCSC(c2ccccc2)(c2ccccc2)c2ccccc2)CCC1. The van der Waals surface area contributed by atoms with Gasteiger partial charge in [0.05, 0.1) is 29.1 Å². The number of benzene rings is 6. The maximum absolute atomic E-state index is 14.9. The lowest BCUT2D eigenvalue weighted by Crippen LogP contribution is -2.66. The maximum Gasteiger partial charge on any atom is 0.325 e. The quantitative estimate of drug-likeness (QED) is 0.0143. The van der Waals surface area contributed by atoms with Crippen molar-refractivity contribution in [2.45, 2.75) is 105 Å². The van der Waals surface area contributed by atoms with Gasteiger partial charge in [-0.2, -0.15) is 0 Å². The van der Waals surface area contributed by atoms with Gasteiger partial charge in [0.15, 0.2) is 0 Å². The number of esters is 2. The minimum absolute atomic E-state index is 0.0478. The molecule has 0 bridgehead atoms. The highest BCUT2D eigenvalue weighted by Crippen LogP contribution is 2.50. The highest BCUT2D eigenvalue weighted by molar-refractivity contribution is 8.00. The van der Waals surface area contributed by atoms with Crippen LogP contribution in [0.2, 0.25) is 0 Å². The van der Waals surface area contributed by atoms with Gasteiger partial charge in [0.1, 0.15) is 29.8 Å². The molecule has 0 radical (unpaired) electrons. The van der Waals surface area contributed by atoms with Crippen LogP contribution in [0, 0.1) is 0 Å². The van der Waals surface area contributed by atoms with Crippen molar-refractivity contribution in [3.8, 4) is 0 Å². The van der Waals surface area contributed by atoms with E-state index in [1.165, 1.54) is 18.9 Å². The van der Waals surface area contributed by atoms with Crippen molar-refractivity contribution in [1.82, 2.24) is 21.3 Å². The molecule has 15 heteroatoms. The number of rotatable bonds is 27. The van der Waals surface area contributed by atoms with Gasteiger partial charge in [-0.05, 0) is 92.0 Å². The van der Waals surface area contributed by atoms with Crippen LogP contribution in [0.25, 0.3) is 0 Å². The van der Waals surface area contributed by atoms with Gasteiger partial charge in [-0.3, -0.25) is 28.8 Å². The number of carbonyl (C=O) groups is 6. The molecule has 5 N–H and O–H groups in total. The average molecular weight is 1120 g/mol. The molecule has 0 saturated heterocycles. The van der Waals surface area contributed by atoms with Gasteiger partial charge in [-0.25, -0.2) is 0 Å². The summed E-state index contributed by atoms with van der Waals surface area (Å²) >= 11 is 3.19. The predicted molar refractivity (Wildman–Crippen MR) is 316 cm³/mol. The second kappa shape index (κ2) is 28.6. The predicted octanol–water partition coefficient (Wildman–Crippen LogP) is 9.55. The highest BCUT2D eigenvalue weighted by Gasteiger charge is 2.47. The number of amides is 4. The van der Waals surface area contributed by atoms with Crippen LogP contribution in [0.15, 0.2) is 194 Å². The van der Waals surface area contributed by atoms with E-state index in [9.17, 15) is 33.9 Å². The van der Waals surface area contributed by atoms with E-state index in [2.05, 4.69) is 57.7 Å². The third kappa shape index (κ3) is 15.7. The first-order valence-electron chi connectivity index (χ1n) is 27.0. The van der Waals surface area contributed by atoms with Crippen LogP contribution in [0.5, 0.6) is 0 Å². The summed E-state index contributed by atoms with van der Waals surface area (Å²) in [5.41, 5.74) is 3.87. The van der Waals surface area contributed by atoms with Crippen LogP contribution in [0.4, 0.5) is 0 Å². The van der Waals surface area contributed by atoms with Crippen molar-refractivity contribution >= 4 is 59.1 Å². The molecule has 0 aromatic heterocycles. The van der Waals surface area contributed by atoms with Gasteiger partial charge in [-0.15, -0.1) is 23.5 Å². The minimum Gasteiger partial charge on any atom is -0.468 e. The summed E-state index contributed by atoms with van der Waals surface area (Å²) in [6, 6.07) is 57.8. The Morgan fingerprint density at radius 1 is 0.600 bits per heavy atom. The summed E-state index contributed by atoms with van der Waals surface area (Å²) < 4.78 is 8.87. The maximum atomic E-state index is 14.9. The standard InChI is InChI=1S/C65H72N4O9S2/c1-62(2,3)78-57(72)40-39-54(67-56(71)44-53(70)38-23-24-43-79-64(47-26-11-5-12-27-47,48-28-13-6-14-29-48)49-30-15-7-16-31-49)59(74)68-55(60(75)69-63(41-25-42-63)61(76)66-45-58(73)77-4)46-80-65(50-32-17-8-18-33-50,51-34-19-9-20-35-51)52-36-21-10-22-37-52/h5-23,26-38,53-55,70H,24-25,39-46H2,1-4H3,(H,66,76)(H,67,71)(H,68,74)(H,69,75)/t53-,54-,55-/m1/s1. The van der Waals surface area contributed by atoms with E-state index in [0.717, 1.165) is 33.4 Å². The third-order valence-corrected chi connectivity index (χ3v) is 17.1. The van der Waals surface area contributed by atoms with Crippen LogP contribution < -0.4 is 21.3 Å². The van der Waals surface area contributed by atoms with Crippen molar-refractivity contribution in [2.75, 3.05) is 25.2 Å². The first kappa shape index (κ1) is 60.2. The second-order valence-corrected chi connectivity index (χ2v) is 23.2. The minimum atomic E-state index is -1.38. The van der Waals surface area contributed by atoms with Crippen molar-refractivity contribution in [3.63, 3.8) is 0 Å². The van der Waals surface area contributed by atoms with Gasteiger partial charge in [-0.1, -0.05) is 194 Å². The summed E-state index contributed by atoms with van der Waals surface area (Å²) in [6.45, 7) is 4.77. The molecule has 80 heavy (non-hydrogen) atoms. The van der Waals surface area contributed by atoms with E-state index < -0.39 is 87.4 Å². The summed E-state index contributed by atoms with van der Waals surface area (Å²) in [6.07, 6.45) is 3.06. The number of aliphatic hydroxyl groups is 1. The molecule has 6 aromatic carbocycles. The number of allylic oxidation sites excluding steroid dienone is 1. The molecule has 1 aliphatic carbocycles. The number of methoxy groups -OCH3 is 1. The molecule has 0 aliphatic heterocycles. The highest BCUT2D eigenvalue weighted by atomic mass is 32.2.